The van der Waals surface area contributed by atoms with Crippen molar-refractivity contribution in [1.82, 2.24) is 23.7 Å². The number of nitrogens with zero attached hydrogens (tertiary/aromatic N) is 5. The van der Waals surface area contributed by atoms with Crippen LogP contribution in [0.2, 0.25) is 5.02 Å². The maximum absolute atomic E-state index is 13.6. The minimum atomic E-state index is -4.33. The summed E-state index contributed by atoms with van der Waals surface area (Å²) in [5.41, 5.74) is 0.521. The van der Waals surface area contributed by atoms with Crippen LogP contribution in [0, 0.1) is 0 Å². The van der Waals surface area contributed by atoms with Gasteiger partial charge in [-0.05, 0) is 37.1 Å². The van der Waals surface area contributed by atoms with E-state index in [0.29, 0.717) is 39.5 Å². The minimum Gasteiger partial charge on any atom is -0.327 e. The van der Waals surface area contributed by atoms with Crippen molar-refractivity contribution in [2.45, 2.75) is 44.6 Å². The molecule has 2 unspecified atom stereocenters. The van der Waals surface area contributed by atoms with Gasteiger partial charge in [-0.1, -0.05) is 11.6 Å². The van der Waals surface area contributed by atoms with Crippen molar-refractivity contribution in [3.63, 3.8) is 0 Å². The first-order chi connectivity index (χ1) is 17.1. The van der Waals surface area contributed by atoms with Crippen LogP contribution in [0.4, 0.5) is 13.2 Å². The Morgan fingerprint density at radius 3 is 2.64 bits per heavy atom. The third kappa shape index (κ3) is 4.71. The Kier molecular flexibility index (Phi) is 6.50. The largest absolute Gasteiger partial charge is 0.389 e. The van der Waals surface area contributed by atoms with Crippen LogP contribution in [0.15, 0.2) is 46.2 Å². The lowest BCUT2D eigenvalue weighted by Gasteiger charge is -2.17. The lowest BCUT2D eigenvalue weighted by molar-refractivity contribution is -0.135. The lowest BCUT2D eigenvalue weighted by Crippen LogP contribution is -2.30. The van der Waals surface area contributed by atoms with Crippen LogP contribution in [-0.4, -0.2) is 45.6 Å². The van der Waals surface area contributed by atoms with Gasteiger partial charge >= 0.3 is 11.9 Å². The molecular formula is C23H21ClF3N5O3S. The molecule has 1 aliphatic rings. The van der Waals surface area contributed by atoms with Crippen molar-refractivity contribution in [2.24, 2.45) is 0 Å². The molecule has 0 bridgehead atoms. The van der Waals surface area contributed by atoms with Gasteiger partial charge in [0.05, 0.1) is 40.7 Å². The van der Waals surface area contributed by atoms with Gasteiger partial charge in [-0.2, -0.15) is 18.2 Å². The summed E-state index contributed by atoms with van der Waals surface area (Å²) >= 11 is 6.04. The maximum atomic E-state index is 13.6. The van der Waals surface area contributed by atoms with E-state index in [-0.39, 0.29) is 42.5 Å². The summed E-state index contributed by atoms with van der Waals surface area (Å²) in [7, 11) is -1.01. The standard InChI is InChI=1S/C23H21ClF3N5O3S/c24-14-2-3-17-16(10-14)21(33)29-20(30(17)8-1-6-23(25,26)27)12-31-19-11-28-7-4-18(19)32(22(31)34)15-5-9-36(35)13-15/h2-4,7,10-11,15H,1,5-6,8-9,12-13H2. The molecule has 0 spiro atoms. The molecule has 3 aromatic heterocycles. The van der Waals surface area contributed by atoms with Gasteiger partial charge in [-0.3, -0.25) is 23.1 Å². The summed E-state index contributed by atoms with van der Waals surface area (Å²) in [5.74, 6) is 1.01. The minimum absolute atomic E-state index is 0.0620. The molecule has 0 radical (unpaired) electrons. The predicted molar refractivity (Wildman–Crippen MR) is 131 cm³/mol. The third-order valence-corrected chi connectivity index (χ3v) is 8.03. The fraction of sp³-hybridized carbons (Fsp3) is 0.391. The number of fused-ring (bicyclic) bond motifs is 2. The van der Waals surface area contributed by atoms with Gasteiger partial charge in [0.25, 0.3) is 5.56 Å². The highest BCUT2D eigenvalue weighted by Gasteiger charge is 2.29. The van der Waals surface area contributed by atoms with E-state index in [2.05, 4.69) is 9.97 Å². The van der Waals surface area contributed by atoms with Crippen LogP contribution in [0.5, 0.6) is 0 Å². The molecule has 1 saturated heterocycles. The lowest BCUT2D eigenvalue weighted by atomic mass is 10.2. The van der Waals surface area contributed by atoms with Crippen LogP contribution in [0.25, 0.3) is 21.9 Å². The van der Waals surface area contributed by atoms with Crippen LogP contribution in [0.1, 0.15) is 31.1 Å². The maximum Gasteiger partial charge on any atom is 0.389 e. The van der Waals surface area contributed by atoms with E-state index in [1.54, 1.807) is 29.0 Å². The quantitative estimate of drug-likeness (QED) is 0.373. The summed E-state index contributed by atoms with van der Waals surface area (Å²) in [5, 5.41) is 0.485. The summed E-state index contributed by atoms with van der Waals surface area (Å²) < 4.78 is 55.2. The highest BCUT2D eigenvalue weighted by molar-refractivity contribution is 7.85. The first-order valence-electron chi connectivity index (χ1n) is 11.3. The van der Waals surface area contributed by atoms with Gasteiger partial charge in [0, 0.05) is 46.5 Å². The molecule has 0 aliphatic carbocycles. The van der Waals surface area contributed by atoms with E-state index < -0.39 is 29.0 Å². The topological polar surface area (TPSA) is 91.8 Å². The van der Waals surface area contributed by atoms with Crippen LogP contribution < -0.4 is 11.2 Å². The molecule has 0 amide bonds. The van der Waals surface area contributed by atoms with E-state index in [1.165, 1.54) is 21.4 Å². The number of aryl methyl sites for hydroxylation is 1. The van der Waals surface area contributed by atoms with E-state index in [0.717, 1.165) is 0 Å². The molecule has 4 aromatic rings. The van der Waals surface area contributed by atoms with Crippen molar-refractivity contribution in [3.8, 4) is 0 Å². The molecule has 1 aromatic carbocycles. The number of halogens is 4. The SMILES string of the molecule is O=c1nc(Cn2c(=O)n(C3CCS(=O)C3)c3ccncc32)n(CCCC(F)(F)F)c2ccc(Cl)cc12. The van der Waals surface area contributed by atoms with Crippen LogP contribution in [0.3, 0.4) is 0 Å². The molecule has 190 valence electrons. The van der Waals surface area contributed by atoms with Crippen molar-refractivity contribution in [1.29, 1.82) is 0 Å². The average molecular weight is 540 g/mol. The molecule has 1 aliphatic heterocycles. The van der Waals surface area contributed by atoms with Crippen LogP contribution >= 0.6 is 11.6 Å². The van der Waals surface area contributed by atoms with Gasteiger partial charge in [0.15, 0.2) is 0 Å². The summed E-state index contributed by atoms with van der Waals surface area (Å²) in [6, 6.07) is 6.00. The molecule has 5 rings (SSSR count). The number of imidazole rings is 1. The van der Waals surface area contributed by atoms with Crippen molar-refractivity contribution in [2.75, 3.05) is 11.5 Å². The molecule has 13 heteroatoms. The molecule has 0 N–H and O–H groups in total. The normalized spacial score (nSPS) is 18.4. The first kappa shape index (κ1) is 24.7. The fourth-order valence-corrected chi connectivity index (χ4v) is 6.34. The zero-order valence-corrected chi connectivity index (χ0v) is 20.4. The van der Waals surface area contributed by atoms with Crippen LogP contribution in [-0.2, 0) is 23.9 Å². The smallest absolute Gasteiger partial charge is 0.327 e. The second kappa shape index (κ2) is 9.47. The van der Waals surface area contributed by atoms with Gasteiger partial charge in [0.2, 0.25) is 0 Å². The highest BCUT2D eigenvalue weighted by Crippen LogP contribution is 2.26. The molecule has 1 fully saturated rings. The fourth-order valence-electron chi connectivity index (χ4n) is 4.73. The number of aromatic nitrogens is 5. The van der Waals surface area contributed by atoms with Gasteiger partial charge in [0.1, 0.15) is 5.82 Å². The Bertz CT molecular complexity index is 1610. The Labute approximate surface area is 209 Å². The Morgan fingerprint density at radius 1 is 1.11 bits per heavy atom. The molecule has 36 heavy (non-hydrogen) atoms. The van der Waals surface area contributed by atoms with E-state index in [4.69, 9.17) is 11.6 Å². The second-order valence-corrected chi connectivity index (χ2v) is 10.8. The molecule has 2 atom stereocenters. The zero-order valence-electron chi connectivity index (χ0n) is 18.9. The van der Waals surface area contributed by atoms with Crippen molar-refractivity contribution >= 4 is 44.3 Å². The number of hydrogen-bond acceptors (Lipinski definition) is 5. The average Bonchev–Trinajstić information content (AvgIpc) is 3.36. The summed E-state index contributed by atoms with van der Waals surface area (Å²) in [4.78, 5) is 34.7. The zero-order chi connectivity index (χ0) is 25.6. The molecule has 0 saturated carbocycles. The second-order valence-electron chi connectivity index (χ2n) is 8.72. The monoisotopic (exact) mass is 539 g/mol. The van der Waals surface area contributed by atoms with E-state index in [9.17, 15) is 27.0 Å². The molecule has 8 nitrogen and oxygen atoms in total. The van der Waals surface area contributed by atoms with Crippen molar-refractivity contribution < 1.29 is 17.4 Å². The number of hydrogen-bond donors (Lipinski definition) is 0. The number of benzene rings is 1. The van der Waals surface area contributed by atoms with Gasteiger partial charge < -0.3 is 4.57 Å². The highest BCUT2D eigenvalue weighted by atomic mass is 35.5. The first-order valence-corrected chi connectivity index (χ1v) is 13.1. The Morgan fingerprint density at radius 2 is 1.92 bits per heavy atom. The van der Waals surface area contributed by atoms with Gasteiger partial charge in [-0.25, -0.2) is 4.79 Å². The third-order valence-electron chi connectivity index (χ3n) is 6.35. The number of pyridine rings is 1. The van der Waals surface area contributed by atoms with Gasteiger partial charge in [-0.15, -0.1) is 0 Å². The Hall–Kier alpha value is -2.99. The molecular weight excluding hydrogens is 519 g/mol. The number of rotatable bonds is 6. The number of alkyl halides is 3. The Balaban J connectivity index is 1.64. The molecule has 4 heterocycles. The van der Waals surface area contributed by atoms with Crippen molar-refractivity contribution in [3.05, 3.63) is 68.3 Å². The van der Waals surface area contributed by atoms with E-state index >= 15 is 0 Å². The summed E-state index contributed by atoms with van der Waals surface area (Å²) in [6.45, 7) is -0.211. The summed E-state index contributed by atoms with van der Waals surface area (Å²) in [6.07, 6.45) is -1.90. The predicted octanol–water partition coefficient (Wildman–Crippen LogP) is 3.65. The van der Waals surface area contributed by atoms with E-state index in [1.807, 2.05) is 0 Å².